The second kappa shape index (κ2) is 10.4. The minimum Gasteiger partial charge on any atom is -0.486 e. The zero-order chi connectivity index (χ0) is 23.2. The summed E-state index contributed by atoms with van der Waals surface area (Å²) in [4.78, 5) is 24.7. The Labute approximate surface area is 196 Å². The number of fused-ring (bicyclic) bond motifs is 1. The molecule has 0 radical (unpaired) electrons. The van der Waals surface area contributed by atoms with Crippen LogP contribution < -0.4 is 20.1 Å². The van der Waals surface area contributed by atoms with Crippen LogP contribution in [0.3, 0.4) is 0 Å². The summed E-state index contributed by atoms with van der Waals surface area (Å²) < 4.78 is 11.1. The van der Waals surface area contributed by atoms with Crippen molar-refractivity contribution in [3.8, 4) is 11.5 Å². The molecule has 2 aromatic carbocycles. The molecule has 2 heterocycles. The van der Waals surface area contributed by atoms with Gasteiger partial charge in [0.2, 0.25) is 10.9 Å². The summed E-state index contributed by atoms with van der Waals surface area (Å²) in [5.41, 5.74) is 2.79. The van der Waals surface area contributed by atoms with E-state index in [1.165, 1.54) is 11.3 Å². The van der Waals surface area contributed by atoms with E-state index >= 15 is 0 Å². The Morgan fingerprint density at radius 2 is 1.82 bits per heavy atom. The maximum Gasteiger partial charge on any atom is 0.286 e. The molecule has 0 spiro atoms. The van der Waals surface area contributed by atoms with Crippen LogP contribution in [0.5, 0.6) is 11.5 Å². The monoisotopic (exact) mass is 466 g/mol. The first kappa shape index (κ1) is 22.7. The van der Waals surface area contributed by atoms with E-state index in [1.54, 1.807) is 0 Å². The van der Waals surface area contributed by atoms with Gasteiger partial charge in [-0.25, -0.2) is 0 Å². The van der Waals surface area contributed by atoms with Crippen molar-refractivity contribution >= 4 is 28.8 Å². The Hall–Kier alpha value is -3.46. The Morgan fingerprint density at radius 1 is 1.06 bits per heavy atom. The quantitative estimate of drug-likeness (QED) is 0.519. The molecule has 0 bridgehead atoms. The van der Waals surface area contributed by atoms with Crippen molar-refractivity contribution in [3.05, 3.63) is 63.6 Å². The zero-order valence-corrected chi connectivity index (χ0v) is 19.4. The van der Waals surface area contributed by atoms with Crippen molar-refractivity contribution < 1.29 is 19.1 Å². The van der Waals surface area contributed by atoms with Gasteiger partial charge in [-0.1, -0.05) is 35.1 Å². The van der Waals surface area contributed by atoms with E-state index in [9.17, 15) is 9.59 Å². The average molecular weight is 467 g/mol. The molecular formula is C24H26N4O4S. The summed E-state index contributed by atoms with van der Waals surface area (Å²) in [5.74, 6) is 1.11. The highest BCUT2D eigenvalue weighted by molar-refractivity contribution is 7.13. The summed E-state index contributed by atoms with van der Waals surface area (Å²) >= 11 is 1.25. The number of anilines is 1. The second-order valence-electron chi connectivity index (χ2n) is 7.87. The standard InChI is InChI=1S/C24H26N4O4S/c1-15-6-9-18(10-7-15)26-23(30)24-28-27-22(33-24)5-3-4-21(29)25-16(2)17-8-11-19-20(14-17)32-13-12-31-19/h6-11,14,16H,3-5,12-13H2,1-2H3,(H,25,29)(H,26,30)/t16-/m0/s1. The number of benzene rings is 2. The highest BCUT2D eigenvalue weighted by Gasteiger charge is 2.17. The lowest BCUT2D eigenvalue weighted by Gasteiger charge is -2.21. The molecule has 2 N–H and O–H groups in total. The van der Waals surface area contributed by atoms with Gasteiger partial charge in [-0.2, -0.15) is 0 Å². The van der Waals surface area contributed by atoms with Gasteiger partial charge in [-0.3, -0.25) is 9.59 Å². The van der Waals surface area contributed by atoms with Crippen LogP contribution in [0.4, 0.5) is 5.69 Å². The summed E-state index contributed by atoms with van der Waals surface area (Å²) in [6.07, 6.45) is 1.56. The number of aromatic nitrogens is 2. The number of hydrogen-bond acceptors (Lipinski definition) is 7. The van der Waals surface area contributed by atoms with Gasteiger partial charge in [-0.15, -0.1) is 10.2 Å². The van der Waals surface area contributed by atoms with Crippen LogP contribution in [0.15, 0.2) is 42.5 Å². The Bertz CT molecular complexity index is 1130. The third kappa shape index (κ3) is 6.07. The molecular weight excluding hydrogens is 440 g/mol. The van der Waals surface area contributed by atoms with Crippen LogP contribution in [0, 0.1) is 6.92 Å². The number of carbonyl (C=O) groups excluding carboxylic acids is 2. The highest BCUT2D eigenvalue weighted by Crippen LogP contribution is 2.32. The third-order valence-electron chi connectivity index (χ3n) is 5.21. The Morgan fingerprint density at radius 3 is 2.61 bits per heavy atom. The van der Waals surface area contributed by atoms with Crippen molar-refractivity contribution in [1.29, 1.82) is 0 Å². The van der Waals surface area contributed by atoms with Crippen LogP contribution in [-0.4, -0.2) is 35.2 Å². The number of nitrogens with one attached hydrogen (secondary N) is 2. The fourth-order valence-corrected chi connectivity index (χ4v) is 4.17. The van der Waals surface area contributed by atoms with Crippen molar-refractivity contribution in [2.24, 2.45) is 0 Å². The van der Waals surface area contributed by atoms with Crippen molar-refractivity contribution in [2.45, 2.75) is 39.2 Å². The van der Waals surface area contributed by atoms with E-state index < -0.39 is 0 Å². The zero-order valence-electron chi connectivity index (χ0n) is 18.6. The molecule has 4 rings (SSSR count). The van der Waals surface area contributed by atoms with Gasteiger partial charge in [0.15, 0.2) is 11.5 Å². The molecule has 3 aromatic rings. The van der Waals surface area contributed by atoms with Crippen LogP contribution in [0.25, 0.3) is 0 Å². The first-order valence-corrected chi connectivity index (χ1v) is 11.7. The number of ether oxygens (including phenoxy) is 2. The fraction of sp³-hybridized carbons (Fsp3) is 0.333. The molecule has 2 amide bonds. The predicted octanol–water partition coefficient (Wildman–Crippen LogP) is 4.07. The lowest BCUT2D eigenvalue weighted by Crippen LogP contribution is -2.26. The van der Waals surface area contributed by atoms with Crippen molar-refractivity contribution in [1.82, 2.24) is 15.5 Å². The van der Waals surface area contributed by atoms with E-state index in [1.807, 2.05) is 56.3 Å². The first-order chi connectivity index (χ1) is 16.0. The molecule has 33 heavy (non-hydrogen) atoms. The highest BCUT2D eigenvalue weighted by atomic mass is 32.1. The lowest BCUT2D eigenvalue weighted by molar-refractivity contribution is -0.121. The van der Waals surface area contributed by atoms with Gasteiger partial charge in [0.05, 0.1) is 6.04 Å². The fourth-order valence-electron chi connectivity index (χ4n) is 3.39. The molecule has 0 aliphatic carbocycles. The first-order valence-electron chi connectivity index (χ1n) is 10.9. The van der Waals surface area contributed by atoms with Crippen LogP contribution in [0.2, 0.25) is 0 Å². The molecule has 9 heteroatoms. The van der Waals surface area contributed by atoms with E-state index in [4.69, 9.17) is 9.47 Å². The van der Waals surface area contributed by atoms with Crippen molar-refractivity contribution in [3.63, 3.8) is 0 Å². The van der Waals surface area contributed by atoms with E-state index in [0.717, 1.165) is 21.9 Å². The van der Waals surface area contributed by atoms with Gasteiger partial charge in [0.1, 0.15) is 18.2 Å². The summed E-state index contributed by atoms with van der Waals surface area (Å²) in [6, 6.07) is 13.1. The summed E-state index contributed by atoms with van der Waals surface area (Å²) in [7, 11) is 0. The maximum atomic E-state index is 12.4. The SMILES string of the molecule is Cc1ccc(NC(=O)c2nnc(CCCC(=O)N[C@@H](C)c3ccc4c(c3)OCCO4)s2)cc1. The average Bonchev–Trinajstić information content (AvgIpc) is 3.29. The van der Waals surface area contributed by atoms with Crippen LogP contribution in [0.1, 0.15) is 51.7 Å². The van der Waals surface area contributed by atoms with E-state index in [-0.39, 0.29) is 17.9 Å². The number of hydrogen-bond donors (Lipinski definition) is 2. The van der Waals surface area contributed by atoms with Gasteiger partial charge in [-0.05, 0) is 50.1 Å². The van der Waals surface area contributed by atoms with Gasteiger partial charge >= 0.3 is 0 Å². The smallest absolute Gasteiger partial charge is 0.286 e. The molecule has 0 fully saturated rings. The number of amides is 2. The molecule has 0 unspecified atom stereocenters. The molecule has 1 aliphatic rings. The second-order valence-corrected chi connectivity index (χ2v) is 8.93. The predicted molar refractivity (Wildman–Crippen MR) is 126 cm³/mol. The number of rotatable bonds is 8. The topological polar surface area (TPSA) is 102 Å². The number of nitrogens with zero attached hydrogens (tertiary/aromatic N) is 2. The molecule has 0 saturated carbocycles. The van der Waals surface area contributed by atoms with Crippen LogP contribution in [-0.2, 0) is 11.2 Å². The largest absolute Gasteiger partial charge is 0.486 e. The minimum absolute atomic E-state index is 0.0424. The Kier molecular flexibility index (Phi) is 7.19. The van der Waals surface area contributed by atoms with Gasteiger partial charge in [0.25, 0.3) is 5.91 Å². The lowest BCUT2D eigenvalue weighted by atomic mass is 10.1. The normalized spacial score (nSPS) is 13.3. The minimum atomic E-state index is -0.284. The van der Waals surface area contributed by atoms with E-state index in [0.29, 0.717) is 48.9 Å². The third-order valence-corrected chi connectivity index (χ3v) is 6.19. The Balaban J connectivity index is 1.22. The molecule has 1 aromatic heterocycles. The summed E-state index contributed by atoms with van der Waals surface area (Å²) in [6.45, 7) is 5.00. The molecule has 1 atom stereocenters. The van der Waals surface area contributed by atoms with E-state index in [2.05, 4.69) is 20.8 Å². The van der Waals surface area contributed by atoms with Gasteiger partial charge in [0, 0.05) is 18.5 Å². The van der Waals surface area contributed by atoms with Gasteiger partial charge < -0.3 is 20.1 Å². The molecule has 172 valence electrons. The molecule has 0 saturated heterocycles. The molecule has 1 aliphatic heterocycles. The number of aryl methyl sites for hydroxylation is 2. The number of carbonyl (C=O) groups is 2. The molecule has 8 nitrogen and oxygen atoms in total. The maximum absolute atomic E-state index is 12.4. The van der Waals surface area contributed by atoms with Crippen molar-refractivity contribution in [2.75, 3.05) is 18.5 Å². The summed E-state index contributed by atoms with van der Waals surface area (Å²) in [5, 5.41) is 14.9. The van der Waals surface area contributed by atoms with Crippen LogP contribution >= 0.6 is 11.3 Å².